The highest BCUT2D eigenvalue weighted by Crippen LogP contribution is 2.35. The maximum atomic E-state index is 13.6. The van der Waals surface area contributed by atoms with Crippen molar-refractivity contribution in [2.24, 2.45) is 5.92 Å². The zero-order valence-electron chi connectivity index (χ0n) is 24.9. The number of hydrogen-bond acceptors (Lipinski definition) is 8. The van der Waals surface area contributed by atoms with Gasteiger partial charge in [-0.15, -0.1) is 0 Å². The van der Waals surface area contributed by atoms with Gasteiger partial charge < -0.3 is 30.1 Å². The number of alkyl carbamates (subject to hydrolysis) is 1. The lowest BCUT2D eigenvalue weighted by molar-refractivity contribution is -0.142. The van der Waals surface area contributed by atoms with Gasteiger partial charge in [0.1, 0.15) is 11.6 Å². The number of β-amino-alcohol motifs (C(OH)–C–C–N with tert-alkyl or cyclic N) is 1. The van der Waals surface area contributed by atoms with Crippen LogP contribution in [0.5, 0.6) is 0 Å². The highest BCUT2D eigenvalue weighted by atomic mass is 16.6. The maximum absolute atomic E-state index is 13.6. The molecule has 1 heterocycles. The summed E-state index contributed by atoms with van der Waals surface area (Å²) in [6.07, 6.45) is 7.54. The molecule has 3 fully saturated rings. The SMILES string of the molecule is CCOC(=O)CNC1(C)CCC(O)(CN2CCN(C(=O)[C@H](NC(=O)OC(C)(C)C)C3CCCCC3)CC2)CC1. The quantitative estimate of drug-likeness (QED) is 0.374. The van der Waals surface area contributed by atoms with Gasteiger partial charge in [-0.25, -0.2) is 4.79 Å². The van der Waals surface area contributed by atoms with Crippen LogP contribution < -0.4 is 10.6 Å². The topological polar surface area (TPSA) is 120 Å². The normalized spacial score (nSPS) is 28.0. The second kappa shape index (κ2) is 13.6. The Morgan fingerprint density at radius 2 is 1.62 bits per heavy atom. The summed E-state index contributed by atoms with van der Waals surface area (Å²) >= 11 is 0. The molecule has 3 N–H and O–H groups in total. The summed E-state index contributed by atoms with van der Waals surface area (Å²) in [5.74, 6) is -0.141. The summed E-state index contributed by atoms with van der Waals surface area (Å²) in [6.45, 7) is 13.0. The molecule has 0 radical (unpaired) electrons. The Labute approximate surface area is 234 Å². The van der Waals surface area contributed by atoms with Crippen molar-refractivity contribution in [3.8, 4) is 0 Å². The number of nitrogens with zero attached hydrogens (tertiary/aromatic N) is 2. The third-order valence-electron chi connectivity index (χ3n) is 8.51. The number of nitrogens with one attached hydrogen (secondary N) is 2. The van der Waals surface area contributed by atoms with Gasteiger partial charge >= 0.3 is 12.1 Å². The van der Waals surface area contributed by atoms with Crippen LogP contribution in [0.2, 0.25) is 0 Å². The van der Waals surface area contributed by atoms with Gasteiger partial charge in [-0.05, 0) is 79.1 Å². The predicted molar refractivity (Wildman–Crippen MR) is 149 cm³/mol. The predicted octanol–water partition coefficient (Wildman–Crippen LogP) is 2.82. The Balaban J connectivity index is 1.50. The van der Waals surface area contributed by atoms with Gasteiger partial charge in [0.25, 0.3) is 0 Å². The van der Waals surface area contributed by atoms with E-state index in [-0.39, 0.29) is 29.9 Å². The van der Waals surface area contributed by atoms with Crippen LogP contribution in [0.1, 0.15) is 92.4 Å². The third-order valence-corrected chi connectivity index (χ3v) is 8.51. The zero-order chi connectivity index (χ0) is 28.7. The van der Waals surface area contributed by atoms with Crippen molar-refractivity contribution < 1.29 is 29.0 Å². The first-order valence-electron chi connectivity index (χ1n) is 15.0. The minimum absolute atomic E-state index is 0.0211. The summed E-state index contributed by atoms with van der Waals surface area (Å²) < 4.78 is 10.5. The first-order chi connectivity index (χ1) is 18.3. The highest BCUT2D eigenvalue weighted by molar-refractivity contribution is 5.86. The molecule has 0 unspecified atom stereocenters. The van der Waals surface area contributed by atoms with Crippen molar-refractivity contribution >= 4 is 18.0 Å². The number of carbonyl (C=O) groups excluding carboxylic acids is 3. The minimum atomic E-state index is -0.778. The summed E-state index contributed by atoms with van der Waals surface area (Å²) in [5, 5.41) is 17.6. The summed E-state index contributed by atoms with van der Waals surface area (Å²) in [6, 6.07) is -0.561. The van der Waals surface area contributed by atoms with Crippen molar-refractivity contribution in [2.75, 3.05) is 45.9 Å². The molecule has 0 aromatic rings. The fourth-order valence-corrected chi connectivity index (χ4v) is 6.12. The van der Waals surface area contributed by atoms with Crippen LogP contribution in [-0.2, 0) is 19.1 Å². The molecule has 224 valence electrons. The number of rotatable bonds is 9. The highest BCUT2D eigenvalue weighted by Gasteiger charge is 2.41. The van der Waals surface area contributed by atoms with Gasteiger partial charge in [0, 0.05) is 38.3 Å². The Bertz CT molecular complexity index is 822. The molecule has 2 amide bonds. The Morgan fingerprint density at radius 3 is 2.18 bits per heavy atom. The maximum Gasteiger partial charge on any atom is 0.408 e. The number of amides is 2. The third kappa shape index (κ3) is 9.90. The van der Waals surface area contributed by atoms with Gasteiger partial charge in [0.2, 0.25) is 5.91 Å². The van der Waals surface area contributed by atoms with E-state index in [2.05, 4.69) is 22.5 Å². The van der Waals surface area contributed by atoms with E-state index in [1.807, 2.05) is 25.7 Å². The standard InChI is InChI=1S/C29H52N4O6/c1-6-38-23(34)20-30-28(5)12-14-29(37,15-13-28)21-32-16-18-33(19-17-32)25(35)24(22-10-8-7-9-11-22)31-26(36)39-27(2,3)4/h22,24,30,37H,6-21H2,1-5H3,(H,31,36)/t24-,28?,29?/m1/s1. The number of hydrogen-bond donors (Lipinski definition) is 3. The van der Waals surface area contributed by atoms with Crippen LogP contribution in [0.4, 0.5) is 4.79 Å². The molecule has 3 rings (SSSR count). The molecule has 0 spiro atoms. The molecule has 0 bridgehead atoms. The van der Waals surface area contributed by atoms with Crippen molar-refractivity contribution in [3.05, 3.63) is 0 Å². The summed E-state index contributed by atoms with van der Waals surface area (Å²) in [4.78, 5) is 42.1. The number of ether oxygens (including phenoxy) is 2. The van der Waals surface area contributed by atoms with Crippen LogP contribution in [0.25, 0.3) is 0 Å². The second-order valence-electron chi connectivity index (χ2n) is 13.1. The van der Waals surface area contributed by atoms with Crippen LogP contribution in [0, 0.1) is 5.92 Å². The van der Waals surface area contributed by atoms with Gasteiger partial charge in [0.15, 0.2) is 0 Å². The van der Waals surface area contributed by atoms with Gasteiger partial charge in [-0.2, -0.15) is 0 Å². The first-order valence-corrected chi connectivity index (χ1v) is 15.0. The largest absolute Gasteiger partial charge is 0.465 e. The monoisotopic (exact) mass is 552 g/mol. The van der Waals surface area contributed by atoms with E-state index in [0.29, 0.717) is 52.2 Å². The minimum Gasteiger partial charge on any atom is -0.465 e. The Morgan fingerprint density at radius 1 is 1.00 bits per heavy atom. The van der Waals surface area contributed by atoms with Crippen molar-refractivity contribution in [1.82, 2.24) is 20.4 Å². The van der Waals surface area contributed by atoms with Crippen molar-refractivity contribution in [2.45, 2.75) is 115 Å². The van der Waals surface area contributed by atoms with Crippen LogP contribution in [0.15, 0.2) is 0 Å². The van der Waals surface area contributed by atoms with E-state index in [4.69, 9.17) is 9.47 Å². The molecule has 39 heavy (non-hydrogen) atoms. The summed E-state index contributed by atoms with van der Waals surface area (Å²) in [5.41, 5.74) is -1.59. The molecule has 2 aliphatic carbocycles. The van der Waals surface area contributed by atoms with Crippen molar-refractivity contribution in [3.63, 3.8) is 0 Å². The van der Waals surface area contributed by atoms with E-state index in [1.165, 1.54) is 6.42 Å². The average molecular weight is 553 g/mol. The smallest absolute Gasteiger partial charge is 0.408 e. The first kappa shape index (κ1) is 31.6. The van der Waals surface area contributed by atoms with E-state index in [1.54, 1.807) is 6.92 Å². The lowest BCUT2D eigenvalue weighted by Gasteiger charge is -2.46. The van der Waals surface area contributed by atoms with Gasteiger partial charge in [0.05, 0.1) is 18.8 Å². The lowest BCUT2D eigenvalue weighted by atomic mass is 9.74. The molecule has 2 saturated carbocycles. The van der Waals surface area contributed by atoms with Gasteiger partial charge in [-0.3, -0.25) is 14.5 Å². The fraction of sp³-hybridized carbons (Fsp3) is 0.897. The fourth-order valence-electron chi connectivity index (χ4n) is 6.12. The average Bonchev–Trinajstić information content (AvgIpc) is 2.88. The van der Waals surface area contributed by atoms with E-state index < -0.39 is 23.3 Å². The molecule has 1 atom stereocenters. The number of carbonyl (C=O) groups is 3. The van der Waals surface area contributed by atoms with E-state index >= 15 is 0 Å². The van der Waals surface area contributed by atoms with Gasteiger partial charge in [-0.1, -0.05) is 19.3 Å². The van der Waals surface area contributed by atoms with Crippen LogP contribution in [0.3, 0.4) is 0 Å². The molecule has 1 saturated heterocycles. The van der Waals surface area contributed by atoms with E-state index in [9.17, 15) is 19.5 Å². The molecular formula is C29H52N4O6. The molecule has 0 aromatic carbocycles. The molecule has 10 nitrogen and oxygen atoms in total. The molecular weight excluding hydrogens is 500 g/mol. The Hall–Kier alpha value is -1.91. The zero-order valence-corrected chi connectivity index (χ0v) is 24.9. The van der Waals surface area contributed by atoms with E-state index in [0.717, 1.165) is 38.5 Å². The van der Waals surface area contributed by atoms with Crippen molar-refractivity contribution in [1.29, 1.82) is 0 Å². The molecule has 1 aliphatic heterocycles. The second-order valence-corrected chi connectivity index (χ2v) is 13.1. The molecule has 0 aromatic heterocycles. The number of piperazine rings is 1. The Kier molecular flexibility index (Phi) is 11.1. The molecule has 3 aliphatic rings. The van der Waals surface area contributed by atoms with Crippen LogP contribution in [-0.4, -0.2) is 102 Å². The van der Waals surface area contributed by atoms with Crippen LogP contribution >= 0.6 is 0 Å². The number of aliphatic hydroxyl groups is 1. The molecule has 10 heteroatoms. The summed E-state index contributed by atoms with van der Waals surface area (Å²) in [7, 11) is 0. The number of esters is 1. The lowest BCUT2D eigenvalue weighted by Crippen LogP contribution is -2.59.